The lowest BCUT2D eigenvalue weighted by molar-refractivity contribution is -0.111. The molecule has 0 fully saturated rings. The topological polar surface area (TPSA) is 58.6 Å². The molecule has 1 atom stereocenters. The van der Waals surface area contributed by atoms with Gasteiger partial charge in [0.2, 0.25) is 0 Å². The smallest absolute Gasteiger partial charge is 0.192 e. The first-order valence-corrected chi connectivity index (χ1v) is 12.7. The van der Waals surface area contributed by atoms with Crippen molar-refractivity contribution < 1.29 is 14.3 Å². The molecule has 0 radical (unpaired) electrons. The summed E-state index contributed by atoms with van der Waals surface area (Å²) in [6.07, 6.45) is 0.376. The second-order valence-corrected chi connectivity index (χ2v) is 14.0. The van der Waals surface area contributed by atoms with E-state index in [0.717, 1.165) is 11.3 Å². The van der Waals surface area contributed by atoms with Gasteiger partial charge in [-0.3, -0.25) is 4.79 Å². The fourth-order valence-corrected chi connectivity index (χ4v) is 3.83. The molecule has 1 aromatic rings. The van der Waals surface area contributed by atoms with Gasteiger partial charge in [-0.15, -0.1) is 0 Å². The summed E-state index contributed by atoms with van der Waals surface area (Å²) in [5, 5.41) is 13.8. The van der Waals surface area contributed by atoms with E-state index in [9.17, 15) is 9.90 Å². The monoisotopic (exact) mass is 383 g/mol. The molecule has 6 heteroatoms. The number of anilines is 1. The third-order valence-corrected chi connectivity index (χ3v) is 10.0. The Bertz CT molecular complexity index is 564. The van der Waals surface area contributed by atoms with Crippen molar-refractivity contribution in [2.45, 2.75) is 65.2 Å². The van der Waals surface area contributed by atoms with Crippen LogP contribution in [0.25, 0.3) is 0 Å². The van der Waals surface area contributed by atoms with Gasteiger partial charge in [-0.05, 0) is 42.4 Å². The molecule has 0 aliphatic carbocycles. The number of nitrogens with one attached hydrogen (secondary N) is 1. The summed E-state index contributed by atoms with van der Waals surface area (Å²) in [7, 11) is -1.90. The van der Waals surface area contributed by atoms with Gasteiger partial charge < -0.3 is 14.8 Å². The van der Waals surface area contributed by atoms with E-state index in [2.05, 4.69) is 39.2 Å². The lowest BCUT2D eigenvalue weighted by Gasteiger charge is -2.37. The van der Waals surface area contributed by atoms with Crippen molar-refractivity contribution in [1.29, 1.82) is 0 Å². The maximum Gasteiger partial charge on any atom is 0.192 e. The minimum atomic E-state index is -1.90. The van der Waals surface area contributed by atoms with E-state index >= 15 is 0 Å². The molecule has 0 amide bonds. The minimum absolute atomic E-state index is 0.116. The molecule has 0 spiro atoms. The molecular weight excluding hydrogens is 350 g/mol. The highest BCUT2D eigenvalue weighted by Crippen LogP contribution is 2.37. The number of phenolic OH excluding ortho intramolecular Hbond substituents is 1. The molecule has 0 saturated carbocycles. The number of phenols is 1. The summed E-state index contributed by atoms with van der Waals surface area (Å²) in [5.74, 6) is 0.970. The van der Waals surface area contributed by atoms with Crippen LogP contribution >= 0.6 is 11.8 Å². The molecule has 0 heterocycles. The second kappa shape index (κ2) is 9.10. The Labute approximate surface area is 157 Å². The molecule has 25 heavy (non-hydrogen) atoms. The van der Waals surface area contributed by atoms with Gasteiger partial charge in [0.15, 0.2) is 13.4 Å². The maximum atomic E-state index is 12.2. The van der Waals surface area contributed by atoms with Crippen molar-refractivity contribution in [3.8, 4) is 5.75 Å². The summed E-state index contributed by atoms with van der Waals surface area (Å²) >= 11 is 1.33. The fourth-order valence-electron chi connectivity index (χ4n) is 2.14. The number of benzene rings is 1. The molecule has 0 unspecified atom stereocenters. The largest absolute Gasteiger partial charge is 0.506 e. The Hall–Kier alpha value is -0.983. The van der Waals surface area contributed by atoms with E-state index in [0.29, 0.717) is 18.7 Å². The van der Waals surface area contributed by atoms with E-state index in [1.165, 1.54) is 11.8 Å². The van der Waals surface area contributed by atoms with Crippen LogP contribution in [0.5, 0.6) is 5.75 Å². The standard InChI is InChI=1S/C19H33NO3SSi/c1-8-24-17(22)12-15(13-23-25(6,7)19(3,4)5)20-18-14(2)10-9-11-16(18)21/h9-11,15,20-21H,8,12-13H2,1-7H3/t15-/m1/s1. The van der Waals surface area contributed by atoms with Gasteiger partial charge in [-0.2, -0.15) is 0 Å². The first-order chi connectivity index (χ1) is 11.5. The van der Waals surface area contributed by atoms with Crippen molar-refractivity contribution in [3.63, 3.8) is 0 Å². The van der Waals surface area contributed by atoms with Crippen molar-refractivity contribution in [2.24, 2.45) is 0 Å². The highest BCUT2D eigenvalue weighted by molar-refractivity contribution is 8.13. The van der Waals surface area contributed by atoms with E-state index in [4.69, 9.17) is 4.43 Å². The van der Waals surface area contributed by atoms with Gasteiger partial charge in [0.1, 0.15) is 5.75 Å². The molecule has 0 bridgehead atoms. The molecule has 4 nitrogen and oxygen atoms in total. The van der Waals surface area contributed by atoms with E-state index in [1.54, 1.807) is 6.07 Å². The summed E-state index contributed by atoms with van der Waals surface area (Å²) in [4.78, 5) is 12.2. The second-order valence-electron chi connectivity index (χ2n) is 7.89. The fraction of sp³-hybridized carbons (Fsp3) is 0.632. The summed E-state index contributed by atoms with van der Waals surface area (Å²) in [5.41, 5.74) is 1.63. The van der Waals surface area contributed by atoms with Crippen LogP contribution in [0.2, 0.25) is 18.1 Å². The molecule has 1 aromatic carbocycles. The number of hydrogen-bond donors (Lipinski definition) is 2. The van der Waals surface area contributed by atoms with Crippen LogP contribution in [0.4, 0.5) is 5.69 Å². The molecular formula is C19H33NO3SSi. The molecule has 142 valence electrons. The quantitative estimate of drug-likeness (QED) is 0.479. The van der Waals surface area contributed by atoms with Gasteiger partial charge in [0.25, 0.3) is 0 Å². The van der Waals surface area contributed by atoms with E-state index in [-0.39, 0.29) is 21.9 Å². The molecule has 2 N–H and O–H groups in total. The maximum absolute atomic E-state index is 12.2. The first-order valence-electron chi connectivity index (χ1n) is 8.82. The Kier molecular flexibility index (Phi) is 8.03. The number of aryl methyl sites for hydroxylation is 1. The van der Waals surface area contributed by atoms with Gasteiger partial charge in [-0.1, -0.05) is 51.6 Å². The predicted octanol–water partition coefficient (Wildman–Crippen LogP) is 5.17. The van der Waals surface area contributed by atoms with E-state index in [1.807, 2.05) is 26.0 Å². The van der Waals surface area contributed by atoms with Crippen LogP contribution < -0.4 is 5.32 Å². The zero-order chi connectivity index (χ0) is 19.3. The van der Waals surface area contributed by atoms with Crippen LogP contribution in [-0.2, 0) is 9.22 Å². The normalized spacial score (nSPS) is 13.6. The van der Waals surface area contributed by atoms with Crippen molar-refractivity contribution >= 4 is 30.9 Å². The van der Waals surface area contributed by atoms with Crippen molar-refractivity contribution in [1.82, 2.24) is 0 Å². The first kappa shape index (κ1) is 22.1. The van der Waals surface area contributed by atoms with Crippen LogP contribution in [0.3, 0.4) is 0 Å². The number of aromatic hydroxyl groups is 1. The number of thioether (sulfide) groups is 1. The van der Waals surface area contributed by atoms with Crippen LogP contribution in [0.1, 0.15) is 39.7 Å². The zero-order valence-corrected chi connectivity index (χ0v) is 18.4. The van der Waals surface area contributed by atoms with Crippen LogP contribution in [0, 0.1) is 6.92 Å². The third kappa shape index (κ3) is 6.68. The number of rotatable bonds is 8. The van der Waals surface area contributed by atoms with Crippen molar-refractivity contribution in [2.75, 3.05) is 17.7 Å². The minimum Gasteiger partial charge on any atom is -0.506 e. The van der Waals surface area contributed by atoms with Crippen molar-refractivity contribution in [3.05, 3.63) is 23.8 Å². The SMILES string of the molecule is CCSC(=O)C[C@H](CO[Si](C)(C)C(C)(C)C)Nc1c(C)cccc1O. The van der Waals surface area contributed by atoms with E-state index < -0.39 is 8.32 Å². The highest BCUT2D eigenvalue weighted by atomic mass is 32.2. The Balaban J connectivity index is 2.91. The highest BCUT2D eigenvalue weighted by Gasteiger charge is 2.37. The molecule has 0 aliphatic rings. The molecule has 0 aliphatic heterocycles. The number of hydrogen-bond acceptors (Lipinski definition) is 5. The Morgan fingerprint density at radius 3 is 2.52 bits per heavy atom. The lowest BCUT2D eigenvalue weighted by atomic mass is 10.1. The predicted molar refractivity (Wildman–Crippen MR) is 111 cm³/mol. The van der Waals surface area contributed by atoms with Gasteiger partial charge in [0, 0.05) is 6.42 Å². The third-order valence-electron chi connectivity index (χ3n) is 4.77. The Morgan fingerprint density at radius 2 is 2.00 bits per heavy atom. The van der Waals surface area contributed by atoms with Gasteiger partial charge in [-0.25, -0.2) is 0 Å². The van der Waals surface area contributed by atoms with Gasteiger partial charge >= 0.3 is 0 Å². The summed E-state index contributed by atoms with van der Waals surface area (Å²) < 4.78 is 6.32. The lowest BCUT2D eigenvalue weighted by Crippen LogP contribution is -2.44. The summed E-state index contributed by atoms with van der Waals surface area (Å²) in [6.45, 7) is 15.4. The average Bonchev–Trinajstić information content (AvgIpc) is 2.47. The molecule has 1 rings (SSSR count). The zero-order valence-electron chi connectivity index (χ0n) is 16.6. The Morgan fingerprint density at radius 1 is 1.36 bits per heavy atom. The average molecular weight is 384 g/mol. The van der Waals surface area contributed by atoms with Gasteiger partial charge in [0.05, 0.1) is 18.3 Å². The number of carbonyl (C=O) groups excluding carboxylic acids is 1. The number of para-hydroxylation sites is 1. The van der Waals surface area contributed by atoms with Crippen LogP contribution in [-0.4, -0.2) is 36.9 Å². The van der Waals surface area contributed by atoms with Crippen LogP contribution in [0.15, 0.2) is 18.2 Å². The summed E-state index contributed by atoms with van der Waals surface area (Å²) in [6, 6.07) is 5.25. The molecule has 0 aromatic heterocycles. The number of carbonyl (C=O) groups is 1. The molecule has 0 saturated heterocycles.